The average Bonchev–Trinajstić information content (AvgIpc) is 2.47. The quantitative estimate of drug-likeness (QED) is 0.618. The smallest absolute Gasteiger partial charge is 0.328 e. The molecule has 1 rings (SSSR count). The molecule has 0 spiro atoms. The van der Waals surface area contributed by atoms with E-state index in [0.29, 0.717) is 19.4 Å². The lowest BCUT2D eigenvalue weighted by molar-refractivity contribution is -0.146. The lowest BCUT2D eigenvalue weighted by atomic mass is 10.2. The van der Waals surface area contributed by atoms with Gasteiger partial charge >= 0.3 is 5.97 Å². The Balaban J connectivity index is 2.28. The summed E-state index contributed by atoms with van der Waals surface area (Å²) in [5.74, 6) is -0.365. The summed E-state index contributed by atoms with van der Waals surface area (Å²) in [7, 11) is 0. The molecule has 0 unspecified atom stereocenters. The highest BCUT2D eigenvalue weighted by molar-refractivity contribution is 5.87. The Bertz CT molecular complexity index is 191. The maximum Gasteiger partial charge on any atom is 0.328 e. The molecule has 4 heteroatoms. The summed E-state index contributed by atoms with van der Waals surface area (Å²) in [4.78, 5) is 21.8. The van der Waals surface area contributed by atoms with Gasteiger partial charge < -0.3 is 10.1 Å². The van der Waals surface area contributed by atoms with Crippen molar-refractivity contribution >= 4 is 11.9 Å². The fraction of sp³-hybridized carbons (Fsp3) is 0.750. The van der Waals surface area contributed by atoms with Crippen molar-refractivity contribution in [3.63, 3.8) is 0 Å². The molecule has 1 heterocycles. The normalized spacial score (nSPS) is 22.1. The van der Waals surface area contributed by atoms with E-state index in [4.69, 9.17) is 4.74 Å². The molecule has 1 aliphatic heterocycles. The molecule has 1 N–H and O–H groups in total. The molecule has 1 atom stereocenters. The number of hydrogen-bond donors (Lipinski definition) is 1. The van der Waals surface area contributed by atoms with Gasteiger partial charge in [-0.3, -0.25) is 4.79 Å². The largest absolute Gasteiger partial charge is 0.464 e. The molecule has 1 aliphatic rings. The summed E-state index contributed by atoms with van der Waals surface area (Å²) < 4.78 is 4.87. The van der Waals surface area contributed by atoms with Crippen LogP contribution in [0, 0.1) is 0 Å². The number of rotatable bonds is 3. The summed E-state index contributed by atoms with van der Waals surface area (Å²) in [6, 6.07) is -0.399. The minimum atomic E-state index is -0.399. The first-order valence-corrected chi connectivity index (χ1v) is 4.20. The standard InChI is InChI=1S/C8H13NO3/c1-2-5-12-8(11)6-3-4-7(10)9-6/h6H,2-5H2,1H3,(H,9,10)/t6-/m1/s1. The minimum absolute atomic E-state index is 0.0616. The van der Waals surface area contributed by atoms with E-state index < -0.39 is 6.04 Å². The van der Waals surface area contributed by atoms with Crippen LogP contribution in [-0.4, -0.2) is 24.5 Å². The molecule has 0 aromatic rings. The minimum Gasteiger partial charge on any atom is -0.464 e. The van der Waals surface area contributed by atoms with Crippen LogP contribution in [0.5, 0.6) is 0 Å². The van der Waals surface area contributed by atoms with Gasteiger partial charge in [-0.2, -0.15) is 0 Å². The predicted molar refractivity (Wildman–Crippen MR) is 42.4 cm³/mol. The highest BCUT2D eigenvalue weighted by Gasteiger charge is 2.27. The highest BCUT2D eigenvalue weighted by atomic mass is 16.5. The van der Waals surface area contributed by atoms with Crippen molar-refractivity contribution in [1.82, 2.24) is 5.32 Å². The molecule has 1 saturated heterocycles. The van der Waals surface area contributed by atoms with Crippen molar-refractivity contribution in [2.75, 3.05) is 6.61 Å². The first-order valence-electron chi connectivity index (χ1n) is 4.20. The number of nitrogens with one attached hydrogen (secondary N) is 1. The Hall–Kier alpha value is -1.06. The van der Waals surface area contributed by atoms with Crippen molar-refractivity contribution in [2.45, 2.75) is 32.2 Å². The fourth-order valence-electron chi connectivity index (χ4n) is 1.09. The van der Waals surface area contributed by atoms with Crippen LogP contribution in [0.15, 0.2) is 0 Å². The van der Waals surface area contributed by atoms with Crippen LogP contribution in [0.25, 0.3) is 0 Å². The second-order valence-corrected chi connectivity index (χ2v) is 2.83. The zero-order chi connectivity index (χ0) is 8.97. The van der Waals surface area contributed by atoms with E-state index in [0.717, 1.165) is 6.42 Å². The molecule has 12 heavy (non-hydrogen) atoms. The van der Waals surface area contributed by atoms with Crippen molar-refractivity contribution in [1.29, 1.82) is 0 Å². The number of esters is 1. The number of carbonyl (C=O) groups is 2. The zero-order valence-electron chi connectivity index (χ0n) is 7.13. The topological polar surface area (TPSA) is 55.4 Å². The third kappa shape index (κ3) is 2.22. The monoisotopic (exact) mass is 171 g/mol. The van der Waals surface area contributed by atoms with Gasteiger partial charge in [-0.05, 0) is 12.8 Å². The molecule has 1 amide bonds. The van der Waals surface area contributed by atoms with Crippen LogP contribution in [0.3, 0.4) is 0 Å². The molecule has 0 aromatic carbocycles. The van der Waals surface area contributed by atoms with E-state index in [-0.39, 0.29) is 11.9 Å². The molecule has 0 bridgehead atoms. The van der Waals surface area contributed by atoms with Crippen molar-refractivity contribution < 1.29 is 14.3 Å². The Labute approximate surface area is 71.3 Å². The predicted octanol–water partition coefficient (Wildman–Crippen LogP) is 0.218. The Morgan fingerprint density at radius 2 is 2.50 bits per heavy atom. The summed E-state index contributed by atoms with van der Waals surface area (Å²) >= 11 is 0. The van der Waals surface area contributed by atoms with Crippen LogP contribution >= 0.6 is 0 Å². The first kappa shape index (κ1) is 9.03. The van der Waals surface area contributed by atoms with Gasteiger partial charge in [0.15, 0.2) is 0 Å². The van der Waals surface area contributed by atoms with Gasteiger partial charge in [0.25, 0.3) is 0 Å². The van der Waals surface area contributed by atoms with Crippen LogP contribution in [0.2, 0.25) is 0 Å². The van der Waals surface area contributed by atoms with Gasteiger partial charge in [0, 0.05) is 6.42 Å². The Kier molecular flexibility index (Phi) is 3.08. The summed E-state index contributed by atoms with van der Waals surface area (Å²) in [5, 5.41) is 2.55. The average molecular weight is 171 g/mol. The molecule has 0 radical (unpaired) electrons. The van der Waals surface area contributed by atoms with Crippen molar-refractivity contribution in [2.24, 2.45) is 0 Å². The Morgan fingerprint density at radius 1 is 1.75 bits per heavy atom. The van der Waals surface area contributed by atoms with Gasteiger partial charge in [-0.1, -0.05) is 6.92 Å². The second-order valence-electron chi connectivity index (χ2n) is 2.83. The van der Waals surface area contributed by atoms with E-state index in [9.17, 15) is 9.59 Å². The van der Waals surface area contributed by atoms with Crippen molar-refractivity contribution in [3.05, 3.63) is 0 Å². The molecule has 1 fully saturated rings. The van der Waals surface area contributed by atoms with E-state index in [2.05, 4.69) is 5.32 Å². The number of ether oxygens (including phenoxy) is 1. The van der Waals surface area contributed by atoms with Gasteiger partial charge in [0.2, 0.25) is 5.91 Å². The summed E-state index contributed by atoms with van der Waals surface area (Å²) in [5.41, 5.74) is 0. The summed E-state index contributed by atoms with van der Waals surface area (Å²) in [6.07, 6.45) is 1.82. The number of amides is 1. The maximum absolute atomic E-state index is 11.1. The van der Waals surface area contributed by atoms with Gasteiger partial charge in [0.05, 0.1) is 6.61 Å². The van der Waals surface area contributed by atoms with Crippen LogP contribution in [-0.2, 0) is 14.3 Å². The van der Waals surface area contributed by atoms with Gasteiger partial charge in [-0.25, -0.2) is 4.79 Å². The van der Waals surface area contributed by atoms with E-state index >= 15 is 0 Å². The molecule has 0 saturated carbocycles. The first-order chi connectivity index (χ1) is 5.74. The van der Waals surface area contributed by atoms with Gasteiger partial charge in [0.1, 0.15) is 6.04 Å². The molecule has 68 valence electrons. The molecule has 4 nitrogen and oxygen atoms in total. The van der Waals surface area contributed by atoms with E-state index in [1.54, 1.807) is 0 Å². The molecule has 0 aromatic heterocycles. The van der Waals surface area contributed by atoms with E-state index in [1.165, 1.54) is 0 Å². The lowest BCUT2D eigenvalue weighted by Crippen LogP contribution is -2.34. The lowest BCUT2D eigenvalue weighted by Gasteiger charge is -2.08. The number of hydrogen-bond acceptors (Lipinski definition) is 3. The van der Waals surface area contributed by atoms with Crippen LogP contribution in [0.4, 0.5) is 0 Å². The molecule has 0 aliphatic carbocycles. The van der Waals surface area contributed by atoms with Gasteiger partial charge in [-0.15, -0.1) is 0 Å². The highest BCUT2D eigenvalue weighted by Crippen LogP contribution is 2.07. The van der Waals surface area contributed by atoms with Crippen LogP contribution < -0.4 is 5.32 Å². The number of carbonyl (C=O) groups excluding carboxylic acids is 2. The van der Waals surface area contributed by atoms with E-state index in [1.807, 2.05) is 6.92 Å². The molecular formula is C8H13NO3. The third-order valence-corrected chi connectivity index (χ3v) is 1.73. The third-order valence-electron chi connectivity index (χ3n) is 1.73. The maximum atomic E-state index is 11.1. The fourth-order valence-corrected chi connectivity index (χ4v) is 1.09. The van der Waals surface area contributed by atoms with Crippen molar-refractivity contribution in [3.8, 4) is 0 Å². The summed E-state index contributed by atoms with van der Waals surface area (Å²) in [6.45, 7) is 2.37. The second kappa shape index (κ2) is 4.09. The SMILES string of the molecule is CCCOC(=O)[C@H]1CCC(=O)N1. The van der Waals surface area contributed by atoms with Crippen LogP contribution in [0.1, 0.15) is 26.2 Å². The Morgan fingerprint density at radius 3 is 3.00 bits per heavy atom. The molecular weight excluding hydrogens is 158 g/mol. The zero-order valence-corrected chi connectivity index (χ0v) is 7.13.